The quantitative estimate of drug-likeness (QED) is 0.863. The van der Waals surface area contributed by atoms with E-state index in [0.717, 1.165) is 16.7 Å². The number of methoxy groups -OCH3 is 1. The Morgan fingerprint density at radius 2 is 1.81 bits per heavy atom. The van der Waals surface area contributed by atoms with Crippen molar-refractivity contribution in [2.45, 2.75) is 33.2 Å². The first-order chi connectivity index (χ1) is 12.9. The van der Waals surface area contributed by atoms with Crippen molar-refractivity contribution in [1.82, 2.24) is 0 Å². The second-order valence-electron chi connectivity index (χ2n) is 6.61. The van der Waals surface area contributed by atoms with E-state index in [0.29, 0.717) is 11.4 Å². The molecule has 1 heterocycles. The largest absolute Gasteiger partial charge is 0.503 e. The molecule has 1 N–H and O–H groups in total. The van der Waals surface area contributed by atoms with Crippen LogP contribution in [0.3, 0.4) is 0 Å². The zero-order chi connectivity index (χ0) is 19.7. The van der Waals surface area contributed by atoms with Crippen LogP contribution in [0, 0.1) is 13.8 Å². The highest BCUT2D eigenvalue weighted by atomic mass is 16.5. The second-order valence-corrected chi connectivity index (χ2v) is 6.61. The SMILES string of the molecule is CCC(=O)C1=C(O)C(=O)N(c2cccc(C)c2C)C1c1ccc(OC)cc1. The lowest BCUT2D eigenvalue weighted by Crippen LogP contribution is -2.31. The fourth-order valence-electron chi connectivity index (χ4n) is 3.43. The molecule has 27 heavy (non-hydrogen) atoms. The Morgan fingerprint density at radius 1 is 1.15 bits per heavy atom. The molecule has 0 saturated heterocycles. The number of carbonyl (C=O) groups is 2. The minimum Gasteiger partial charge on any atom is -0.503 e. The van der Waals surface area contributed by atoms with Crippen LogP contribution in [0.2, 0.25) is 0 Å². The number of anilines is 1. The van der Waals surface area contributed by atoms with Gasteiger partial charge in [0.2, 0.25) is 0 Å². The lowest BCUT2D eigenvalue weighted by Gasteiger charge is -2.28. The number of aliphatic hydroxyl groups is 1. The predicted molar refractivity (Wildman–Crippen MR) is 104 cm³/mol. The fourth-order valence-corrected chi connectivity index (χ4v) is 3.43. The number of hydrogen-bond acceptors (Lipinski definition) is 4. The number of hydrogen-bond donors (Lipinski definition) is 1. The van der Waals surface area contributed by atoms with Gasteiger partial charge in [0.05, 0.1) is 18.7 Å². The van der Waals surface area contributed by atoms with Crippen LogP contribution in [0.4, 0.5) is 5.69 Å². The monoisotopic (exact) mass is 365 g/mol. The summed E-state index contributed by atoms with van der Waals surface area (Å²) in [6, 6.07) is 12.2. The molecule has 0 aliphatic carbocycles. The summed E-state index contributed by atoms with van der Waals surface area (Å²) < 4.78 is 5.21. The molecule has 1 unspecified atom stereocenters. The molecule has 1 aliphatic rings. The minimum absolute atomic E-state index is 0.147. The highest BCUT2D eigenvalue weighted by Gasteiger charge is 2.44. The lowest BCUT2D eigenvalue weighted by molar-refractivity contribution is -0.118. The average molecular weight is 365 g/mol. The lowest BCUT2D eigenvalue weighted by atomic mass is 9.94. The zero-order valence-corrected chi connectivity index (χ0v) is 15.9. The van der Waals surface area contributed by atoms with Crippen LogP contribution in [-0.4, -0.2) is 23.9 Å². The topological polar surface area (TPSA) is 66.8 Å². The molecule has 5 nitrogen and oxygen atoms in total. The second kappa shape index (κ2) is 7.27. The highest BCUT2D eigenvalue weighted by Crippen LogP contribution is 2.43. The van der Waals surface area contributed by atoms with Crippen LogP contribution in [0.25, 0.3) is 0 Å². The van der Waals surface area contributed by atoms with E-state index in [4.69, 9.17) is 4.74 Å². The molecule has 3 rings (SSSR count). The zero-order valence-electron chi connectivity index (χ0n) is 15.9. The van der Waals surface area contributed by atoms with Crippen LogP contribution in [0.1, 0.15) is 36.1 Å². The number of aryl methyl sites for hydroxylation is 1. The standard InChI is InChI=1S/C22H23NO4/c1-5-18(24)19-20(15-9-11-16(27-4)12-10-15)23(22(26)21(19)25)17-8-6-7-13(2)14(17)3/h6-12,20,25H,5H2,1-4H3. The molecule has 2 aromatic carbocycles. The molecule has 1 amide bonds. The van der Waals surface area contributed by atoms with Crippen molar-refractivity contribution >= 4 is 17.4 Å². The molecule has 0 fully saturated rings. The van der Waals surface area contributed by atoms with Crippen LogP contribution in [0.5, 0.6) is 5.75 Å². The van der Waals surface area contributed by atoms with Crippen molar-refractivity contribution in [2.75, 3.05) is 12.0 Å². The number of ketones is 1. The van der Waals surface area contributed by atoms with Crippen LogP contribution >= 0.6 is 0 Å². The summed E-state index contributed by atoms with van der Waals surface area (Å²) in [7, 11) is 1.58. The average Bonchev–Trinajstić information content (AvgIpc) is 2.94. The summed E-state index contributed by atoms with van der Waals surface area (Å²) in [5.41, 5.74) is 3.54. The van der Waals surface area contributed by atoms with Crippen LogP contribution in [0.15, 0.2) is 53.8 Å². The van der Waals surface area contributed by atoms with Gasteiger partial charge in [-0.05, 0) is 48.7 Å². The van der Waals surface area contributed by atoms with E-state index in [-0.39, 0.29) is 17.8 Å². The van der Waals surface area contributed by atoms with Gasteiger partial charge in [0.1, 0.15) is 5.75 Å². The Morgan fingerprint density at radius 3 is 2.41 bits per heavy atom. The third-order valence-electron chi connectivity index (χ3n) is 5.10. The van der Waals surface area contributed by atoms with Crippen molar-refractivity contribution < 1.29 is 19.4 Å². The van der Waals surface area contributed by atoms with Gasteiger partial charge in [0, 0.05) is 12.1 Å². The molecule has 0 bridgehead atoms. The summed E-state index contributed by atoms with van der Waals surface area (Å²) in [6.45, 7) is 5.62. The fraction of sp³-hybridized carbons (Fsp3) is 0.273. The van der Waals surface area contributed by atoms with Crippen molar-refractivity contribution in [2.24, 2.45) is 0 Å². The maximum Gasteiger partial charge on any atom is 0.294 e. The third kappa shape index (κ3) is 3.10. The number of rotatable bonds is 5. The van der Waals surface area contributed by atoms with Gasteiger partial charge in [0.15, 0.2) is 11.5 Å². The molecule has 0 saturated carbocycles. The normalized spacial score (nSPS) is 16.8. The van der Waals surface area contributed by atoms with Crippen molar-refractivity contribution in [3.63, 3.8) is 0 Å². The first-order valence-electron chi connectivity index (χ1n) is 8.90. The molecule has 0 radical (unpaired) electrons. The first-order valence-corrected chi connectivity index (χ1v) is 8.90. The summed E-state index contributed by atoms with van der Waals surface area (Å²) >= 11 is 0. The predicted octanol–water partition coefficient (Wildman–Crippen LogP) is 4.19. The van der Waals surface area contributed by atoms with E-state index in [1.807, 2.05) is 44.2 Å². The van der Waals surface area contributed by atoms with Gasteiger partial charge in [-0.15, -0.1) is 0 Å². The Balaban J connectivity index is 2.20. The Bertz CT molecular complexity index is 928. The van der Waals surface area contributed by atoms with Crippen molar-refractivity contribution in [3.8, 4) is 5.75 Å². The van der Waals surface area contributed by atoms with Gasteiger partial charge in [0.25, 0.3) is 5.91 Å². The first kappa shape index (κ1) is 18.7. The Kier molecular flexibility index (Phi) is 5.04. The third-order valence-corrected chi connectivity index (χ3v) is 5.10. The molecule has 2 aromatic rings. The highest BCUT2D eigenvalue weighted by molar-refractivity contribution is 6.16. The maximum absolute atomic E-state index is 12.9. The Labute approximate surface area is 158 Å². The maximum atomic E-state index is 12.9. The van der Waals surface area contributed by atoms with E-state index >= 15 is 0 Å². The molecule has 1 atom stereocenters. The van der Waals surface area contributed by atoms with Crippen molar-refractivity contribution in [3.05, 3.63) is 70.5 Å². The van der Waals surface area contributed by atoms with Crippen LogP contribution in [-0.2, 0) is 9.59 Å². The summed E-state index contributed by atoms with van der Waals surface area (Å²) in [5, 5.41) is 10.5. The Hall–Kier alpha value is -3.08. The summed E-state index contributed by atoms with van der Waals surface area (Å²) in [5.74, 6) is -0.586. The minimum atomic E-state index is -0.670. The van der Waals surface area contributed by atoms with Crippen molar-refractivity contribution in [1.29, 1.82) is 0 Å². The van der Waals surface area contributed by atoms with Gasteiger partial charge in [-0.1, -0.05) is 31.2 Å². The molecular weight excluding hydrogens is 342 g/mol. The smallest absolute Gasteiger partial charge is 0.294 e. The number of amides is 1. The van der Waals surface area contributed by atoms with E-state index in [1.54, 1.807) is 26.2 Å². The molecule has 0 aromatic heterocycles. The van der Waals surface area contributed by atoms with E-state index in [1.165, 1.54) is 4.90 Å². The number of aliphatic hydroxyl groups excluding tert-OH is 1. The molecule has 1 aliphatic heterocycles. The number of Topliss-reactive ketones (excluding diaryl/α,β-unsaturated/α-hetero) is 1. The number of benzene rings is 2. The van der Waals surface area contributed by atoms with E-state index in [2.05, 4.69) is 0 Å². The molecule has 140 valence electrons. The van der Waals surface area contributed by atoms with Gasteiger partial charge >= 0.3 is 0 Å². The number of ether oxygens (including phenoxy) is 1. The van der Waals surface area contributed by atoms with E-state index in [9.17, 15) is 14.7 Å². The number of carbonyl (C=O) groups excluding carboxylic acids is 2. The van der Waals surface area contributed by atoms with E-state index < -0.39 is 17.7 Å². The van der Waals surface area contributed by atoms with Gasteiger partial charge < -0.3 is 9.84 Å². The molecular formula is C22H23NO4. The molecule has 5 heteroatoms. The van der Waals surface area contributed by atoms with Gasteiger partial charge in [-0.25, -0.2) is 0 Å². The van der Waals surface area contributed by atoms with Gasteiger partial charge in [-0.3, -0.25) is 14.5 Å². The van der Waals surface area contributed by atoms with Crippen LogP contribution < -0.4 is 9.64 Å². The van der Waals surface area contributed by atoms with Gasteiger partial charge in [-0.2, -0.15) is 0 Å². The summed E-state index contributed by atoms with van der Waals surface area (Å²) in [4.78, 5) is 27.0. The molecule has 0 spiro atoms. The number of nitrogens with zero attached hydrogens (tertiary/aromatic N) is 1. The summed E-state index contributed by atoms with van der Waals surface area (Å²) in [6.07, 6.45) is 0.208.